The predicted molar refractivity (Wildman–Crippen MR) is 75.3 cm³/mol. The fourth-order valence-electron chi connectivity index (χ4n) is 2.43. The number of alkyl halides is 3. The summed E-state index contributed by atoms with van der Waals surface area (Å²) < 4.78 is 67.0. The Morgan fingerprint density at radius 3 is 2.38 bits per heavy atom. The zero-order chi connectivity index (χ0) is 17.9. The normalized spacial score (nSPS) is 17.8. The molecule has 1 aromatic rings. The van der Waals surface area contributed by atoms with Gasteiger partial charge in [0.15, 0.2) is 0 Å². The highest BCUT2D eigenvalue weighted by molar-refractivity contribution is 7.91. The molecular formula is C13H15F3N2O5S. The Labute approximate surface area is 136 Å². The molecular weight excluding hydrogens is 353 g/mol. The highest BCUT2D eigenvalue weighted by Gasteiger charge is 2.37. The molecule has 1 amide bonds. The van der Waals surface area contributed by atoms with Crippen molar-refractivity contribution in [3.8, 4) is 5.88 Å². The van der Waals surface area contributed by atoms with E-state index in [1.807, 2.05) is 0 Å². The topological polar surface area (TPSA) is 96.8 Å². The minimum absolute atomic E-state index is 0.0509. The average Bonchev–Trinajstić information content (AvgIpc) is 2.54. The first kappa shape index (κ1) is 18.3. The summed E-state index contributed by atoms with van der Waals surface area (Å²) in [5.74, 6) is -1.32. The average molecular weight is 368 g/mol. The van der Waals surface area contributed by atoms with Gasteiger partial charge in [-0.1, -0.05) is 0 Å². The third kappa shape index (κ3) is 4.08. The molecule has 0 saturated carbocycles. The molecule has 0 aromatic carbocycles. The number of carbonyl (C=O) groups is 1. The van der Waals surface area contributed by atoms with Crippen LogP contribution < -0.4 is 4.74 Å². The smallest absolute Gasteiger partial charge is 0.407 e. The molecule has 1 fully saturated rings. The van der Waals surface area contributed by atoms with Gasteiger partial charge in [0, 0.05) is 31.3 Å². The molecule has 1 unspecified atom stereocenters. The highest BCUT2D eigenvalue weighted by Crippen LogP contribution is 2.30. The molecule has 0 spiro atoms. The summed E-state index contributed by atoms with van der Waals surface area (Å²) in [6.45, 7) is -3.00. The number of ether oxygens (including phenoxy) is 1. The molecule has 1 saturated heterocycles. The lowest BCUT2D eigenvalue weighted by atomic mass is 9.98. The zero-order valence-electron chi connectivity index (χ0n) is 12.3. The quantitative estimate of drug-likeness (QED) is 0.855. The van der Waals surface area contributed by atoms with Crippen LogP contribution in [0.3, 0.4) is 0 Å². The first-order valence-electron chi connectivity index (χ1n) is 6.98. The van der Waals surface area contributed by atoms with Crippen molar-refractivity contribution in [2.45, 2.75) is 29.9 Å². The number of rotatable bonds is 5. The Kier molecular flexibility index (Phi) is 5.52. The van der Waals surface area contributed by atoms with E-state index >= 15 is 0 Å². The molecule has 0 radical (unpaired) electrons. The number of hydrogen-bond donors (Lipinski definition) is 1. The lowest BCUT2D eigenvalue weighted by Crippen LogP contribution is -2.41. The lowest BCUT2D eigenvalue weighted by molar-refractivity contribution is -0.0529. The molecule has 2 rings (SSSR count). The van der Waals surface area contributed by atoms with Gasteiger partial charge in [-0.3, -0.25) is 0 Å². The molecule has 2 heterocycles. The Hall–Kier alpha value is -2.04. The third-order valence-corrected chi connectivity index (χ3v) is 5.60. The van der Waals surface area contributed by atoms with Crippen LogP contribution in [-0.4, -0.2) is 54.7 Å². The van der Waals surface area contributed by atoms with Crippen molar-refractivity contribution < 1.29 is 36.2 Å². The van der Waals surface area contributed by atoms with Gasteiger partial charge in [0.25, 0.3) is 0 Å². The fourth-order valence-corrected chi connectivity index (χ4v) is 3.93. The van der Waals surface area contributed by atoms with Gasteiger partial charge in [-0.15, -0.1) is 0 Å². The van der Waals surface area contributed by atoms with E-state index in [4.69, 9.17) is 5.11 Å². The lowest BCUT2D eigenvalue weighted by Gasteiger charge is -2.31. The van der Waals surface area contributed by atoms with Crippen molar-refractivity contribution in [3.05, 3.63) is 18.3 Å². The summed E-state index contributed by atoms with van der Waals surface area (Å²) in [6.07, 6.45) is -0.226. The molecule has 1 atom stereocenters. The molecule has 1 aromatic heterocycles. The van der Waals surface area contributed by atoms with E-state index in [2.05, 4.69) is 9.72 Å². The first-order valence-corrected chi connectivity index (χ1v) is 8.53. The van der Waals surface area contributed by atoms with Crippen LogP contribution in [0.1, 0.15) is 12.8 Å². The summed E-state index contributed by atoms with van der Waals surface area (Å²) in [4.78, 5) is 14.9. The Morgan fingerprint density at radius 1 is 1.29 bits per heavy atom. The molecule has 1 aliphatic rings. The number of hydrogen-bond acceptors (Lipinski definition) is 5. The van der Waals surface area contributed by atoms with Crippen molar-refractivity contribution in [2.24, 2.45) is 5.92 Å². The van der Waals surface area contributed by atoms with Gasteiger partial charge in [-0.05, 0) is 18.9 Å². The number of aromatic nitrogens is 1. The summed E-state index contributed by atoms with van der Waals surface area (Å²) >= 11 is 0. The van der Waals surface area contributed by atoms with Crippen molar-refractivity contribution in [1.82, 2.24) is 9.88 Å². The van der Waals surface area contributed by atoms with Crippen molar-refractivity contribution in [3.63, 3.8) is 0 Å². The maximum atomic E-state index is 14.5. The van der Waals surface area contributed by atoms with Crippen LogP contribution >= 0.6 is 0 Å². The number of likely N-dealkylation sites (tertiary alicyclic amines) is 1. The van der Waals surface area contributed by atoms with Crippen LogP contribution in [0.25, 0.3) is 0 Å². The van der Waals surface area contributed by atoms with Crippen molar-refractivity contribution in [2.75, 3.05) is 13.1 Å². The number of halogens is 3. The second kappa shape index (κ2) is 7.24. The van der Waals surface area contributed by atoms with E-state index in [1.54, 1.807) is 0 Å². The van der Waals surface area contributed by atoms with Crippen molar-refractivity contribution in [1.29, 1.82) is 0 Å². The Morgan fingerprint density at radius 2 is 1.92 bits per heavy atom. The zero-order valence-corrected chi connectivity index (χ0v) is 13.1. The van der Waals surface area contributed by atoms with E-state index in [-0.39, 0.29) is 25.9 Å². The number of pyridine rings is 1. The van der Waals surface area contributed by atoms with E-state index in [9.17, 15) is 26.4 Å². The van der Waals surface area contributed by atoms with E-state index in [0.717, 1.165) is 23.2 Å². The van der Waals surface area contributed by atoms with E-state index < -0.39 is 44.7 Å². The van der Waals surface area contributed by atoms with Crippen LogP contribution in [0.2, 0.25) is 0 Å². The Bertz CT molecular complexity index is 675. The summed E-state index contributed by atoms with van der Waals surface area (Å²) in [6, 6.07) is 1.86. The minimum atomic E-state index is -4.36. The number of amides is 1. The van der Waals surface area contributed by atoms with Gasteiger partial charge >= 0.3 is 12.7 Å². The molecule has 7 nitrogen and oxygen atoms in total. The molecule has 0 bridgehead atoms. The van der Waals surface area contributed by atoms with Gasteiger partial charge in [0.05, 0.1) is 4.90 Å². The SMILES string of the molecule is O=C(O)N1CCC(C(F)S(=O)(=O)c2ccc(OC(F)F)nc2)CC1. The maximum absolute atomic E-state index is 14.5. The van der Waals surface area contributed by atoms with Crippen LogP contribution in [0.4, 0.5) is 18.0 Å². The highest BCUT2D eigenvalue weighted by atomic mass is 32.2. The number of carboxylic acid groups (broad SMARTS) is 1. The summed E-state index contributed by atoms with van der Waals surface area (Å²) in [7, 11) is -4.36. The van der Waals surface area contributed by atoms with E-state index in [0.29, 0.717) is 0 Å². The van der Waals surface area contributed by atoms with Gasteiger partial charge < -0.3 is 14.7 Å². The molecule has 11 heteroatoms. The van der Waals surface area contributed by atoms with Crippen LogP contribution in [0.5, 0.6) is 5.88 Å². The van der Waals surface area contributed by atoms with Gasteiger partial charge in [0.2, 0.25) is 21.2 Å². The van der Waals surface area contributed by atoms with Gasteiger partial charge in [-0.25, -0.2) is 22.6 Å². The maximum Gasteiger partial charge on any atom is 0.407 e. The molecule has 1 N–H and O–H groups in total. The van der Waals surface area contributed by atoms with Gasteiger partial charge in [-0.2, -0.15) is 8.78 Å². The van der Waals surface area contributed by atoms with E-state index in [1.165, 1.54) is 0 Å². The predicted octanol–water partition coefficient (Wildman–Crippen LogP) is 2.14. The summed E-state index contributed by atoms with van der Waals surface area (Å²) in [5, 5.41) is 8.83. The first-order chi connectivity index (χ1) is 11.2. The van der Waals surface area contributed by atoms with Crippen LogP contribution in [-0.2, 0) is 9.84 Å². The monoisotopic (exact) mass is 368 g/mol. The van der Waals surface area contributed by atoms with Crippen molar-refractivity contribution >= 4 is 15.9 Å². The second-order valence-electron chi connectivity index (χ2n) is 5.21. The Balaban J connectivity index is 2.08. The van der Waals surface area contributed by atoms with Crippen LogP contribution in [0, 0.1) is 5.92 Å². The molecule has 24 heavy (non-hydrogen) atoms. The number of nitrogens with zero attached hydrogens (tertiary/aromatic N) is 2. The molecule has 134 valence electrons. The molecule has 1 aliphatic heterocycles. The fraction of sp³-hybridized carbons (Fsp3) is 0.538. The van der Waals surface area contributed by atoms with Gasteiger partial charge in [0.1, 0.15) is 0 Å². The summed E-state index contributed by atoms with van der Waals surface area (Å²) in [5.41, 5.74) is -2.22. The number of piperidine rings is 1. The van der Waals surface area contributed by atoms with Crippen LogP contribution in [0.15, 0.2) is 23.2 Å². The third-order valence-electron chi connectivity index (χ3n) is 3.72. The molecule has 0 aliphatic carbocycles. The minimum Gasteiger partial charge on any atom is -0.465 e. The number of sulfone groups is 1. The largest absolute Gasteiger partial charge is 0.465 e. The standard InChI is InChI=1S/C13H15F3N2O5S/c14-11(8-3-5-18(6-4-8)13(19)20)24(21,22)9-1-2-10(17-7-9)23-12(15)16/h1-2,7-8,11-12H,3-6H2,(H,19,20). The second-order valence-corrected chi connectivity index (χ2v) is 7.23.